The Hall–Kier alpha value is -0.460. The molecule has 0 saturated carbocycles. The van der Waals surface area contributed by atoms with Crippen LogP contribution in [0.25, 0.3) is 0 Å². The van der Waals surface area contributed by atoms with E-state index in [-0.39, 0.29) is 90.0 Å². The van der Waals surface area contributed by atoms with Crippen LogP contribution in [0.5, 0.6) is 0 Å². The first-order valence-corrected chi connectivity index (χ1v) is 15.6. The van der Waals surface area contributed by atoms with Crippen molar-refractivity contribution in [1.82, 2.24) is 0 Å². The van der Waals surface area contributed by atoms with Crippen LogP contribution in [0.4, 0.5) is 0 Å². The Balaban J connectivity index is 0.000000842. The van der Waals surface area contributed by atoms with E-state index in [1.165, 1.54) is 0 Å². The zero-order valence-electron chi connectivity index (χ0n) is 23.3. The van der Waals surface area contributed by atoms with E-state index in [0.29, 0.717) is 0 Å². The SMILES string of the molecule is O=COOCCCO[C@H]1O[C@H](CS(=O)(=O)[O-])[C@@H](O)[C@H](O)[C@H]1O.O=COOCCCO[C@H]1O[C@H](CS(=O)(=O)[O-])[C@@H](O)[C@H](O)[C@H]1O.[Ca+2]. The Morgan fingerprint density at radius 1 is 0.578 bits per heavy atom. The molecule has 2 fully saturated rings. The number of carbonyl (C=O) groups is 2. The molecule has 0 unspecified atom stereocenters. The molecule has 0 aromatic carbocycles. The fraction of sp³-hybridized carbons (Fsp3) is 0.900. The number of hydrogen-bond donors (Lipinski definition) is 6. The third-order valence-corrected chi connectivity index (χ3v) is 7.07. The van der Waals surface area contributed by atoms with E-state index in [1.54, 1.807) is 0 Å². The summed E-state index contributed by atoms with van der Waals surface area (Å²) in [5.41, 5.74) is 0. The molecule has 22 nitrogen and oxygen atoms in total. The van der Waals surface area contributed by atoms with Gasteiger partial charge < -0.3 is 68.5 Å². The molecule has 2 heterocycles. The van der Waals surface area contributed by atoms with Gasteiger partial charge in [0.05, 0.1) is 58.2 Å². The number of hydrogen-bond acceptors (Lipinski definition) is 22. The smallest absolute Gasteiger partial charge is 0.748 e. The summed E-state index contributed by atoms with van der Waals surface area (Å²) in [5, 5.41) is 57.8. The van der Waals surface area contributed by atoms with Crippen LogP contribution in [0.15, 0.2) is 0 Å². The standard InChI is InChI=1S/2C10H18O11S.Ca/c2*11-5-20-19-3-1-2-18-10-9(14)8(13)7(12)6(21-10)4-22(15,16)17;/h2*5-10,12-14H,1-4H2,(H,15,16,17);/q;;+2/p-2/t2*6-,7-,8+,9-,10+;/m11./s1. The normalized spacial score (nSPS) is 31.9. The van der Waals surface area contributed by atoms with Gasteiger partial charge in [0.25, 0.3) is 0 Å². The van der Waals surface area contributed by atoms with E-state index in [4.69, 9.17) is 18.9 Å². The predicted octanol–water partition coefficient (Wildman–Crippen LogP) is -6.68. The summed E-state index contributed by atoms with van der Waals surface area (Å²) in [5.74, 6) is -2.15. The van der Waals surface area contributed by atoms with Crippen molar-refractivity contribution < 1.29 is 105 Å². The molecule has 2 aliphatic rings. The Morgan fingerprint density at radius 3 is 1.20 bits per heavy atom. The van der Waals surface area contributed by atoms with Gasteiger partial charge in [0.2, 0.25) is 0 Å². The quantitative estimate of drug-likeness (QED) is 0.0191. The summed E-state index contributed by atoms with van der Waals surface area (Å²) in [6.07, 6.45) is -15.7. The second-order valence-electron chi connectivity index (χ2n) is 8.96. The van der Waals surface area contributed by atoms with Gasteiger partial charge in [-0.2, -0.15) is 9.78 Å². The molecule has 2 aliphatic heterocycles. The van der Waals surface area contributed by atoms with E-state index in [9.17, 15) is 66.2 Å². The van der Waals surface area contributed by atoms with Crippen molar-refractivity contribution in [2.45, 2.75) is 74.3 Å². The van der Waals surface area contributed by atoms with Gasteiger partial charge in [0, 0.05) is 0 Å². The molecular weight excluding hydrogens is 696 g/mol. The number of carbonyl (C=O) groups excluding carboxylic acids is 2. The van der Waals surface area contributed by atoms with Gasteiger partial charge in [-0.3, -0.25) is 9.59 Å². The molecule has 2 saturated heterocycles. The van der Waals surface area contributed by atoms with Crippen LogP contribution in [0.2, 0.25) is 0 Å². The molecule has 2 rings (SSSR count). The minimum absolute atomic E-state index is 0. The first-order chi connectivity index (χ1) is 20.5. The van der Waals surface area contributed by atoms with E-state index in [1.807, 2.05) is 0 Å². The van der Waals surface area contributed by atoms with Crippen molar-refractivity contribution in [2.24, 2.45) is 0 Å². The molecule has 0 aromatic heterocycles. The summed E-state index contributed by atoms with van der Waals surface area (Å²) in [4.78, 5) is 36.2. The van der Waals surface area contributed by atoms with E-state index in [2.05, 4.69) is 19.6 Å². The molecular formula is C20H34CaO22S2. The maximum absolute atomic E-state index is 10.7. The minimum Gasteiger partial charge on any atom is -0.748 e. The van der Waals surface area contributed by atoms with Gasteiger partial charge in [-0.25, -0.2) is 16.8 Å². The summed E-state index contributed by atoms with van der Waals surface area (Å²) >= 11 is 0. The van der Waals surface area contributed by atoms with Crippen molar-refractivity contribution in [1.29, 1.82) is 0 Å². The third kappa shape index (κ3) is 17.5. The van der Waals surface area contributed by atoms with Crippen LogP contribution >= 0.6 is 0 Å². The summed E-state index contributed by atoms with van der Waals surface area (Å²) in [7, 11) is -9.42. The Morgan fingerprint density at radius 2 is 0.911 bits per heavy atom. The van der Waals surface area contributed by atoms with Gasteiger partial charge in [-0.15, -0.1) is 0 Å². The van der Waals surface area contributed by atoms with Crippen molar-refractivity contribution >= 4 is 70.9 Å². The Kier molecular flexibility index (Phi) is 22.0. The molecule has 0 spiro atoms. The molecule has 6 N–H and O–H groups in total. The van der Waals surface area contributed by atoms with Gasteiger partial charge in [0.1, 0.15) is 48.8 Å². The maximum Gasteiger partial charge on any atom is 2.00 e. The average Bonchev–Trinajstić information content (AvgIpc) is 2.93. The average molecular weight is 731 g/mol. The van der Waals surface area contributed by atoms with Crippen LogP contribution in [0, 0.1) is 0 Å². The Labute approximate surface area is 286 Å². The van der Waals surface area contributed by atoms with Crippen molar-refractivity contribution in [3.05, 3.63) is 0 Å². The van der Waals surface area contributed by atoms with Crippen LogP contribution in [-0.2, 0) is 68.3 Å². The van der Waals surface area contributed by atoms with Crippen LogP contribution in [0.1, 0.15) is 12.8 Å². The monoisotopic (exact) mass is 730 g/mol. The fourth-order valence-electron chi connectivity index (χ4n) is 3.57. The zero-order chi connectivity index (χ0) is 33.5. The molecule has 45 heavy (non-hydrogen) atoms. The number of ether oxygens (including phenoxy) is 4. The van der Waals surface area contributed by atoms with Gasteiger partial charge >= 0.3 is 50.7 Å². The molecule has 0 bridgehead atoms. The molecule has 0 amide bonds. The van der Waals surface area contributed by atoms with E-state index >= 15 is 0 Å². The fourth-order valence-corrected chi connectivity index (χ4v) is 4.93. The maximum atomic E-state index is 10.7. The molecule has 0 aromatic rings. The van der Waals surface area contributed by atoms with Crippen molar-refractivity contribution in [3.63, 3.8) is 0 Å². The second-order valence-corrected chi connectivity index (χ2v) is 11.9. The topological polar surface area (TPSA) is 344 Å². The second kappa shape index (κ2) is 22.2. The van der Waals surface area contributed by atoms with Crippen molar-refractivity contribution in [2.75, 3.05) is 37.9 Å². The molecule has 260 valence electrons. The summed E-state index contributed by atoms with van der Waals surface area (Å²) < 4.78 is 84.4. The zero-order valence-corrected chi connectivity index (χ0v) is 27.2. The molecule has 25 heteroatoms. The van der Waals surface area contributed by atoms with E-state index in [0.717, 1.165) is 0 Å². The third-order valence-electron chi connectivity index (χ3n) is 5.60. The van der Waals surface area contributed by atoms with Gasteiger partial charge in [0.15, 0.2) is 12.6 Å². The number of aliphatic hydroxyl groups is 6. The Bertz CT molecular complexity index is 965. The van der Waals surface area contributed by atoms with Crippen LogP contribution in [-0.4, -0.2) is 207 Å². The number of aliphatic hydroxyl groups excluding tert-OH is 6. The largest absolute Gasteiger partial charge is 2.00 e. The first kappa shape index (κ1) is 44.5. The predicted molar refractivity (Wildman–Crippen MR) is 136 cm³/mol. The van der Waals surface area contributed by atoms with Gasteiger partial charge in [-0.05, 0) is 12.8 Å². The first-order valence-electron chi connectivity index (χ1n) is 12.5. The molecule has 0 aliphatic carbocycles. The van der Waals surface area contributed by atoms with Gasteiger partial charge in [-0.1, -0.05) is 0 Å². The summed E-state index contributed by atoms with van der Waals surface area (Å²) in [6.45, 7) is 0.0462. The van der Waals surface area contributed by atoms with E-state index < -0.39 is 93.2 Å². The molecule has 10 atom stereocenters. The molecule has 0 radical (unpaired) electrons. The van der Waals surface area contributed by atoms with Crippen LogP contribution < -0.4 is 0 Å². The van der Waals surface area contributed by atoms with Crippen LogP contribution in [0.3, 0.4) is 0 Å². The van der Waals surface area contributed by atoms with Crippen molar-refractivity contribution in [3.8, 4) is 0 Å². The summed E-state index contributed by atoms with van der Waals surface area (Å²) in [6, 6.07) is 0. The number of rotatable bonds is 18. The minimum atomic E-state index is -4.71.